The molecule has 0 radical (unpaired) electrons. The highest BCUT2D eigenvalue weighted by Crippen LogP contribution is 2.22. The zero-order chi connectivity index (χ0) is 17.7. The molecule has 2 rings (SSSR count). The molecule has 2 atom stereocenters. The maximum absolute atomic E-state index is 13.7. The van der Waals surface area contributed by atoms with E-state index in [0.717, 1.165) is 12.1 Å². The molecular weight excluding hydrogens is 318 g/mol. The van der Waals surface area contributed by atoms with Gasteiger partial charge in [0, 0.05) is 11.6 Å². The van der Waals surface area contributed by atoms with Gasteiger partial charge in [-0.3, -0.25) is 4.79 Å². The van der Waals surface area contributed by atoms with Gasteiger partial charge >= 0.3 is 0 Å². The molecule has 5 nitrogen and oxygen atoms in total. The largest absolute Gasteiger partial charge is 0.497 e. The van der Waals surface area contributed by atoms with Crippen LogP contribution < -0.4 is 10.1 Å². The molecule has 0 aromatic heterocycles. The number of rotatable bonds is 5. The monoisotopic (exact) mass is 332 g/mol. The van der Waals surface area contributed by atoms with Crippen molar-refractivity contribution in [3.63, 3.8) is 0 Å². The highest BCUT2D eigenvalue weighted by Gasteiger charge is 2.24. The zero-order valence-electron chi connectivity index (χ0n) is 12.7. The van der Waals surface area contributed by atoms with Crippen molar-refractivity contribution in [2.75, 3.05) is 7.11 Å². The van der Waals surface area contributed by atoms with Crippen molar-refractivity contribution in [2.45, 2.75) is 12.1 Å². The third-order valence-corrected chi connectivity index (χ3v) is 3.35. The minimum atomic E-state index is -1.57. The van der Waals surface area contributed by atoms with Gasteiger partial charge in [0.25, 0.3) is 5.91 Å². The average molecular weight is 332 g/mol. The number of ether oxygens (including phenoxy) is 1. The highest BCUT2D eigenvalue weighted by molar-refractivity contribution is 5.82. The van der Waals surface area contributed by atoms with Crippen LogP contribution in [0.15, 0.2) is 42.5 Å². The lowest BCUT2D eigenvalue weighted by molar-refractivity contribution is -0.130. The topological polar surface area (TPSA) is 82.3 Å². The van der Waals surface area contributed by atoms with Gasteiger partial charge in [-0.1, -0.05) is 18.2 Å². The Kier molecular flexibility index (Phi) is 5.45. The summed E-state index contributed by atoms with van der Waals surface area (Å²) in [6, 6.07) is 9.20. The number of carbonyl (C=O) groups excluding carboxylic acids is 1. The summed E-state index contributed by atoms with van der Waals surface area (Å²) in [5.74, 6) is -2.20. The summed E-state index contributed by atoms with van der Waals surface area (Å²) in [6.07, 6.45) is -1.57. The van der Waals surface area contributed by atoms with Crippen molar-refractivity contribution in [1.29, 1.82) is 5.26 Å². The molecule has 7 heteroatoms. The minimum absolute atomic E-state index is 0.190. The van der Waals surface area contributed by atoms with E-state index >= 15 is 0 Å². The predicted molar refractivity (Wildman–Crippen MR) is 80.8 cm³/mol. The maximum atomic E-state index is 13.7. The summed E-state index contributed by atoms with van der Waals surface area (Å²) in [4.78, 5) is 12.1. The predicted octanol–water partition coefficient (Wildman–Crippen LogP) is 2.39. The summed E-state index contributed by atoms with van der Waals surface area (Å²) >= 11 is 0. The van der Waals surface area contributed by atoms with Crippen LogP contribution in [0.4, 0.5) is 8.78 Å². The number of amides is 1. The number of hydrogen-bond donors (Lipinski definition) is 2. The fourth-order valence-electron chi connectivity index (χ4n) is 2.10. The van der Waals surface area contributed by atoms with E-state index in [1.165, 1.54) is 19.2 Å². The molecule has 2 aromatic rings. The van der Waals surface area contributed by atoms with E-state index in [0.29, 0.717) is 11.8 Å². The van der Waals surface area contributed by atoms with E-state index in [1.807, 2.05) is 0 Å². The molecule has 0 aliphatic rings. The Bertz CT molecular complexity index is 790. The van der Waals surface area contributed by atoms with Gasteiger partial charge < -0.3 is 15.2 Å². The standard InChI is InChI=1S/C17H14F2N2O3/c1-24-12-4-2-3-10(7-12)16(22)17(23)21-15(9-20)13-6-5-11(18)8-14(13)19/h2-8,15-16,22H,1H3,(H,21,23)/t15-,16-/m0/s1. The second-order valence-corrected chi connectivity index (χ2v) is 4.92. The lowest BCUT2D eigenvalue weighted by Crippen LogP contribution is -2.32. The Morgan fingerprint density at radius 1 is 1.29 bits per heavy atom. The number of nitrogens with one attached hydrogen (secondary N) is 1. The fraction of sp³-hybridized carbons (Fsp3) is 0.176. The van der Waals surface area contributed by atoms with Crippen molar-refractivity contribution in [3.05, 3.63) is 65.2 Å². The molecule has 0 saturated carbocycles. The van der Waals surface area contributed by atoms with Gasteiger partial charge in [0.2, 0.25) is 0 Å². The molecular formula is C17H14F2N2O3. The third-order valence-electron chi connectivity index (χ3n) is 3.35. The van der Waals surface area contributed by atoms with E-state index in [1.54, 1.807) is 18.2 Å². The Morgan fingerprint density at radius 3 is 2.67 bits per heavy atom. The lowest BCUT2D eigenvalue weighted by Gasteiger charge is -2.16. The molecule has 0 saturated heterocycles. The number of benzene rings is 2. The van der Waals surface area contributed by atoms with Gasteiger partial charge in [-0.15, -0.1) is 0 Å². The molecule has 124 valence electrons. The van der Waals surface area contributed by atoms with E-state index in [4.69, 9.17) is 10.00 Å². The van der Waals surface area contributed by atoms with Gasteiger partial charge in [-0.25, -0.2) is 8.78 Å². The van der Waals surface area contributed by atoms with Crippen LogP contribution in [-0.4, -0.2) is 18.1 Å². The summed E-state index contributed by atoms with van der Waals surface area (Å²) in [5, 5.41) is 21.4. The van der Waals surface area contributed by atoms with Crippen molar-refractivity contribution in [2.24, 2.45) is 0 Å². The Labute approximate surface area is 137 Å². The molecule has 0 bridgehead atoms. The lowest BCUT2D eigenvalue weighted by atomic mass is 10.0. The van der Waals surface area contributed by atoms with Crippen LogP contribution in [0.2, 0.25) is 0 Å². The Morgan fingerprint density at radius 2 is 2.04 bits per heavy atom. The summed E-state index contributed by atoms with van der Waals surface area (Å²) < 4.78 is 31.7. The molecule has 1 amide bonds. The van der Waals surface area contributed by atoms with Crippen LogP contribution in [0.25, 0.3) is 0 Å². The SMILES string of the molecule is COc1cccc([C@H](O)C(=O)N[C@@H](C#N)c2ccc(F)cc2F)c1. The van der Waals surface area contributed by atoms with Gasteiger partial charge in [-0.2, -0.15) is 5.26 Å². The van der Waals surface area contributed by atoms with Crippen LogP contribution in [0.3, 0.4) is 0 Å². The van der Waals surface area contributed by atoms with E-state index in [-0.39, 0.29) is 11.1 Å². The van der Waals surface area contributed by atoms with Gasteiger partial charge in [0.05, 0.1) is 13.2 Å². The van der Waals surface area contributed by atoms with E-state index in [2.05, 4.69) is 5.32 Å². The van der Waals surface area contributed by atoms with Crippen molar-refractivity contribution < 1.29 is 23.4 Å². The van der Waals surface area contributed by atoms with Gasteiger partial charge in [0.15, 0.2) is 6.10 Å². The molecule has 0 aliphatic carbocycles. The number of halogens is 2. The number of nitrogens with zero attached hydrogens (tertiary/aromatic N) is 1. The number of aliphatic hydroxyl groups is 1. The molecule has 0 aliphatic heterocycles. The van der Waals surface area contributed by atoms with Crippen LogP contribution in [-0.2, 0) is 4.79 Å². The second-order valence-electron chi connectivity index (χ2n) is 4.92. The van der Waals surface area contributed by atoms with Crippen LogP contribution >= 0.6 is 0 Å². The summed E-state index contributed by atoms with van der Waals surface area (Å²) in [7, 11) is 1.44. The quantitative estimate of drug-likeness (QED) is 0.881. The molecule has 0 fully saturated rings. The number of carbonyl (C=O) groups is 1. The van der Waals surface area contributed by atoms with Crippen molar-refractivity contribution in [1.82, 2.24) is 5.32 Å². The average Bonchev–Trinajstić information content (AvgIpc) is 2.59. The fourth-order valence-corrected chi connectivity index (χ4v) is 2.10. The summed E-state index contributed by atoms with van der Waals surface area (Å²) in [6.45, 7) is 0. The smallest absolute Gasteiger partial charge is 0.254 e. The molecule has 0 spiro atoms. The molecule has 0 unspecified atom stereocenters. The first kappa shape index (κ1) is 17.4. The Balaban J connectivity index is 2.18. The zero-order valence-corrected chi connectivity index (χ0v) is 12.7. The molecule has 2 aromatic carbocycles. The highest BCUT2D eigenvalue weighted by atomic mass is 19.1. The van der Waals surface area contributed by atoms with Crippen molar-refractivity contribution in [3.8, 4) is 11.8 Å². The number of aliphatic hydroxyl groups excluding tert-OH is 1. The number of nitriles is 1. The Hall–Kier alpha value is -2.98. The molecule has 24 heavy (non-hydrogen) atoms. The number of hydrogen-bond acceptors (Lipinski definition) is 4. The number of methoxy groups -OCH3 is 1. The first-order chi connectivity index (χ1) is 11.5. The van der Waals surface area contributed by atoms with Gasteiger partial charge in [-0.05, 0) is 23.8 Å². The van der Waals surface area contributed by atoms with Crippen molar-refractivity contribution >= 4 is 5.91 Å². The first-order valence-electron chi connectivity index (χ1n) is 6.93. The van der Waals surface area contributed by atoms with Crippen LogP contribution in [0.1, 0.15) is 23.3 Å². The van der Waals surface area contributed by atoms with Gasteiger partial charge in [0.1, 0.15) is 23.4 Å². The minimum Gasteiger partial charge on any atom is -0.497 e. The molecule has 2 N–H and O–H groups in total. The molecule has 0 heterocycles. The van der Waals surface area contributed by atoms with Crippen LogP contribution in [0, 0.1) is 23.0 Å². The first-order valence-corrected chi connectivity index (χ1v) is 6.93. The van der Waals surface area contributed by atoms with E-state index < -0.39 is 29.7 Å². The van der Waals surface area contributed by atoms with E-state index in [9.17, 15) is 18.7 Å². The second kappa shape index (κ2) is 7.53. The summed E-state index contributed by atoms with van der Waals surface area (Å²) in [5.41, 5.74) is 0.0632. The maximum Gasteiger partial charge on any atom is 0.254 e. The normalized spacial score (nSPS) is 12.8. The van der Waals surface area contributed by atoms with Crippen LogP contribution in [0.5, 0.6) is 5.75 Å². The third kappa shape index (κ3) is 3.86.